The van der Waals surface area contributed by atoms with E-state index in [1.54, 1.807) is 6.33 Å². The maximum Gasteiger partial charge on any atom is 0.226 e. The summed E-state index contributed by atoms with van der Waals surface area (Å²) in [4.78, 5) is 18.0. The summed E-state index contributed by atoms with van der Waals surface area (Å²) >= 11 is 7.99. The molecule has 3 rings (SSSR count). The first-order valence-electron chi connectivity index (χ1n) is 6.01. The Hall–Kier alpha value is -1.01. The van der Waals surface area contributed by atoms with Gasteiger partial charge >= 0.3 is 0 Å². The Labute approximate surface area is 114 Å². The molecule has 5 nitrogen and oxygen atoms in total. The summed E-state index contributed by atoms with van der Waals surface area (Å²) in [7, 11) is 0. The largest absolute Gasteiger partial charge is 0.353 e. The summed E-state index contributed by atoms with van der Waals surface area (Å²) < 4.78 is 0. The van der Waals surface area contributed by atoms with Crippen LogP contribution in [0.3, 0.4) is 0 Å². The zero-order valence-electron chi connectivity index (χ0n) is 10.1. The molecule has 1 unspecified atom stereocenters. The van der Waals surface area contributed by atoms with Crippen molar-refractivity contribution in [3.8, 4) is 0 Å². The second-order valence-electron chi connectivity index (χ2n) is 4.26. The summed E-state index contributed by atoms with van der Waals surface area (Å²) in [5, 5.41) is 0.918. The van der Waals surface area contributed by atoms with Crippen LogP contribution in [-0.4, -0.2) is 44.0 Å². The van der Waals surface area contributed by atoms with Crippen molar-refractivity contribution in [2.75, 3.05) is 23.7 Å². The Morgan fingerprint density at radius 3 is 3.28 bits per heavy atom. The van der Waals surface area contributed by atoms with Crippen LogP contribution in [0.15, 0.2) is 6.33 Å². The smallest absolute Gasteiger partial charge is 0.226 e. The predicted molar refractivity (Wildman–Crippen MR) is 75.4 cm³/mol. The maximum atomic E-state index is 5.96. The first-order chi connectivity index (χ1) is 8.78. The van der Waals surface area contributed by atoms with Gasteiger partial charge in [0.05, 0.1) is 6.33 Å². The maximum absolute atomic E-state index is 5.96. The van der Waals surface area contributed by atoms with E-state index in [2.05, 4.69) is 31.8 Å². The van der Waals surface area contributed by atoms with Gasteiger partial charge in [-0.2, -0.15) is 21.7 Å². The number of anilines is 1. The molecule has 2 aromatic rings. The molecule has 2 aromatic heterocycles. The fourth-order valence-corrected chi connectivity index (χ4v) is 3.52. The van der Waals surface area contributed by atoms with Crippen LogP contribution in [0.25, 0.3) is 11.2 Å². The minimum Gasteiger partial charge on any atom is -0.353 e. The summed E-state index contributed by atoms with van der Waals surface area (Å²) in [5.74, 6) is 2.00. The Bertz CT molecular complexity index is 557. The van der Waals surface area contributed by atoms with Crippen molar-refractivity contribution in [3.05, 3.63) is 11.6 Å². The Balaban J connectivity index is 2.00. The van der Waals surface area contributed by atoms with Gasteiger partial charge in [-0.25, -0.2) is 4.98 Å². The minimum absolute atomic E-state index is 0.260. The van der Waals surface area contributed by atoms with Gasteiger partial charge in [-0.1, -0.05) is 6.92 Å². The molecular weight excluding hydrogens is 270 g/mol. The van der Waals surface area contributed by atoms with Gasteiger partial charge in [-0.3, -0.25) is 0 Å². The molecule has 1 aliphatic heterocycles. The molecule has 1 atom stereocenters. The topological polar surface area (TPSA) is 57.7 Å². The highest BCUT2D eigenvalue weighted by Gasteiger charge is 2.23. The number of fused-ring (bicyclic) bond motifs is 1. The van der Waals surface area contributed by atoms with Crippen molar-refractivity contribution in [2.24, 2.45) is 0 Å². The van der Waals surface area contributed by atoms with E-state index >= 15 is 0 Å². The zero-order chi connectivity index (χ0) is 12.5. The van der Waals surface area contributed by atoms with Gasteiger partial charge in [0.1, 0.15) is 5.52 Å². The lowest BCUT2D eigenvalue weighted by atomic mass is 10.3. The summed E-state index contributed by atoms with van der Waals surface area (Å²) in [5.41, 5.74) is 1.51. The first-order valence-corrected chi connectivity index (χ1v) is 7.43. The monoisotopic (exact) mass is 283 g/mol. The Morgan fingerprint density at radius 2 is 2.44 bits per heavy atom. The number of rotatable bonds is 2. The number of hydrogen-bond acceptors (Lipinski definition) is 5. The van der Waals surface area contributed by atoms with Crippen LogP contribution in [0.1, 0.15) is 13.3 Å². The Morgan fingerprint density at radius 1 is 1.56 bits per heavy atom. The fourth-order valence-electron chi connectivity index (χ4n) is 2.18. The average molecular weight is 284 g/mol. The third-order valence-electron chi connectivity index (χ3n) is 3.13. The molecule has 1 saturated heterocycles. The number of imidazole rings is 1. The number of nitrogens with zero attached hydrogens (tertiary/aromatic N) is 4. The number of aromatic nitrogens is 4. The Kier molecular flexibility index (Phi) is 3.30. The van der Waals surface area contributed by atoms with E-state index in [0.29, 0.717) is 10.9 Å². The average Bonchev–Trinajstić information content (AvgIpc) is 2.85. The molecule has 3 heterocycles. The molecule has 0 saturated carbocycles. The highest BCUT2D eigenvalue weighted by Crippen LogP contribution is 2.28. The molecule has 7 heteroatoms. The van der Waals surface area contributed by atoms with E-state index in [9.17, 15) is 0 Å². The first kappa shape index (κ1) is 12.0. The lowest BCUT2D eigenvalue weighted by Gasteiger charge is -2.32. The molecule has 1 fully saturated rings. The lowest BCUT2D eigenvalue weighted by Crippen LogP contribution is -2.38. The lowest BCUT2D eigenvalue weighted by molar-refractivity contribution is 0.721. The fraction of sp³-hybridized carbons (Fsp3) is 0.545. The van der Waals surface area contributed by atoms with E-state index in [1.165, 1.54) is 6.42 Å². The zero-order valence-corrected chi connectivity index (χ0v) is 11.6. The molecule has 0 radical (unpaired) electrons. The second-order valence-corrected chi connectivity index (χ2v) is 6.01. The molecule has 0 aromatic carbocycles. The van der Waals surface area contributed by atoms with Gasteiger partial charge in [0.15, 0.2) is 11.5 Å². The van der Waals surface area contributed by atoms with Gasteiger partial charge in [-0.05, 0) is 18.0 Å². The normalized spacial score (nSPS) is 20.6. The van der Waals surface area contributed by atoms with Gasteiger partial charge in [0, 0.05) is 24.1 Å². The molecule has 18 heavy (non-hydrogen) atoms. The molecule has 96 valence electrons. The van der Waals surface area contributed by atoms with Crippen LogP contribution in [0.4, 0.5) is 5.82 Å². The van der Waals surface area contributed by atoms with E-state index in [1.807, 2.05) is 11.8 Å². The van der Waals surface area contributed by atoms with Crippen LogP contribution in [0.2, 0.25) is 5.28 Å². The summed E-state index contributed by atoms with van der Waals surface area (Å²) in [6.45, 7) is 4.21. The van der Waals surface area contributed by atoms with Gasteiger partial charge in [0.2, 0.25) is 5.28 Å². The van der Waals surface area contributed by atoms with Crippen molar-refractivity contribution in [2.45, 2.75) is 18.6 Å². The van der Waals surface area contributed by atoms with E-state index in [4.69, 9.17) is 11.6 Å². The van der Waals surface area contributed by atoms with Gasteiger partial charge in [-0.15, -0.1) is 0 Å². The molecule has 0 aliphatic carbocycles. The van der Waals surface area contributed by atoms with Crippen molar-refractivity contribution in [1.82, 2.24) is 19.9 Å². The molecule has 1 N–H and O–H groups in total. The number of halogens is 1. The van der Waals surface area contributed by atoms with E-state index in [-0.39, 0.29) is 5.28 Å². The van der Waals surface area contributed by atoms with Crippen LogP contribution in [0.5, 0.6) is 0 Å². The third-order valence-corrected chi connectivity index (χ3v) is 4.67. The van der Waals surface area contributed by atoms with Gasteiger partial charge < -0.3 is 9.88 Å². The van der Waals surface area contributed by atoms with Crippen LogP contribution in [-0.2, 0) is 0 Å². The van der Waals surface area contributed by atoms with E-state index in [0.717, 1.165) is 30.2 Å². The van der Waals surface area contributed by atoms with Crippen molar-refractivity contribution in [3.63, 3.8) is 0 Å². The molecule has 0 spiro atoms. The third kappa shape index (κ3) is 2.14. The second kappa shape index (κ2) is 4.93. The number of H-pyrrole nitrogens is 1. The van der Waals surface area contributed by atoms with Crippen molar-refractivity contribution in [1.29, 1.82) is 0 Å². The van der Waals surface area contributed by atoms with Gasteiger partial charge in [0.25, 0.3) is 0 Å². The number of aromatic amines is 1. The molecule has 0 bridgehead atoms. The summed E-state index contributed by atoms with van der Waals surface area (Å²) in [6.07, 6.45) is 2.81. The molecular formula is C11H14ClN5S. The van der Waals surface area contributed by atoms with Crippen molar-refractivity contribution >= 4 is 40.3 Å². The highest BCUT2D eigenvalue weighted by molar-refractivity contribution is 8.00. The standard InChI is InChI=1S/C11H14ClN5S/c1-2-7-5-17(3-4-18-7)10-8-9(14-6-13-8)15-11(12)16-10/h6-7H,2-5H2,1H3,(H,13,14,15,16). The van der Waals surface area contributed by atoms with E-state index < -0.39 is 0 Å². The number of nitrogens with one attached hydrogen (secondary N) is 1. The number of thioether (sulfide) groups is 1. The summed E-state index contributed by atoms with van der Waals surface area (Å²) in [6, 6.07) is 0. The van der Waals surface area contributed by atoms with Crippen LogP contribution >= 0.6 is 23.4 Å². The molecule has 0 amide bonds. The minimum atomic E-state index is 0.260. The van der Waals surface area contributed by atoms with Crippen molar-refractivity contribution < 1.29 is 0 Å². The number of hydrogen-bond donors (Lipinski definition) is 1. The van der Waals surface area contributed by atoms with Crippen LogP contribution < -0.4 is 4.90 Å². The highest BCUT2D eigenvalue weighted by atomic mass is 35.5. The molecule has 1 aliphatic rings. The quantitative estimate of drug-likeness (QED) is 0.858. The SMILES string of the molecule is CCC1CN(c2nc(Cl)nc3nc[nH]c23)CCS1. The van der Waals surface area contributed by atoms with Crippen LogP contribution in [0, 0.1) is 0 Å². The predicted octanol–water partition coefficient (Wildman–Crippen LogP) is 2.34.